The predicted octanol–water partition coefficient (Wildman–Crippen LogP) is 3.45. The van der Waals surface area contributed by atoms with Crippen LogP contribution in [0.5, 0.6) is 0 Å². The fraction of sp³-hybridized carbons (Fsp3) is 0.308. The van der Waals surface area contributed by atoms with Crippen molar-refractivity contribution in [1.29, 1.82) is 0 Å². The summed E-state index contributed by atoms with van der Waals surface area (Å²) in [5, 5.41) is 1.28. The average molecular weight is 284 g/mol. The fourth-order valence-corrected chi connectivity index (χ4v) is 2.36. The van der Waals surface area contributed by atoms with Gasteiger partial charge in [-0.15, -0.1) is 0 Å². The van der Waals surface area contributed by atoms with Crippen LogP contribution in [0.1, 0.15) is 24.4 Å². The van der Waals surface area contributed by atoms with Crippen LogP contribution < -0.4 is 5.73 Å². The molecule has 0 aliphatic carbocycles. The molecule has 1 aromatic heterocycles. The van der Waals surface area contributed by atoms with Gasteiger partial charge in [-0.1, -0.05) is 23.2 Å². The van der Waals surface area contributed by atoms with Crippen LogP contribution in [0.4, 0.5) is 0 Å². The zero-order valence-electron chi connectivity index (χ0n) is 10.1. The molecule has 1 aromatic carbocycles. The number of rotatable bonds is 4. The zero-order valence-corrected chi connectivity index (χ0v) is 11.6. The molecule has 0 spiro atoms. The summed E-state index contributed by atoms with van der Waals surface area (Å²) in [5.74, 6) is 0.959. The molecule has 0 radical (unpaired) electrons. The van der Waals surface area contributed by atoms with Gasteiger partial charge in [0.25, 0.3) is 0 Å². The molecule has 2 rings (SSSR count). The number of nitrogens with two attached hydrogens (primary N) is 1. The van der Waals surface area contributed by atoms with Gasteiger partial charge in [0.15, 0.2) is 0 Å². The number of hydrogen-bond acceptors (Lipinski definition) is 2. The second kappa shape index (κ2) is 5.74. The second-order valence-electron chi connectivity index (χ2n) is 4.11. The van der Waals surface area contributed by atoms with E-state index in [1.807, 2.05) is 12.3 Å². The summed E-state index contributed by atoms with van der Waals surface area (Å²) in [5.41, 5.74) is 7.04. The van der Waals surface area contributed by atoms with Crippen molar-refractivity contribution in [3.8, 4) is 0 Å². The van der Waals surface area contributed by atoms with E-state index in [2.05, 4.69) is 16.5 Å². The number of hydrogen-bond donors (Lipinski definition) is 1. The lowest BCUT2D eigenvalue weighted by Gasteiger charge is -2.14. The number of nitrogens with zero attached hydrogens (tertiary/aromatic N) is 2. The summed E-state index contributed by atoms with van der Waals surface area (Å²) in [6.45, 7) is 2.95. The van der Waals surface area contributed by atoms with Crippen LogP contribution in [0.25, 0.3) is 0 Å². The molecule has 0 saturated carbocycles. The molecule has 0 aliphatic rings. The lowest BCUT2D eigenvalue weighted by molar-refractivity contribution is 0.628. The summed E-state index contributed by atoms with van der Waals surface area (Å²) in [7, 11) is 0. The van der Waals surface area contributed by atoms with Gasteiger partial charge in [0.05, 0.1) is 0 Å². The maximum Gasteiger partial charge on any atom is 0.110 e. The van der Waals surface area contributed by atoms with Gasteiger partial charge in [-0.3, -0.25) is 0 Å². The minimum Gasteiger partial charge on any atom is -0.335 e. The van der Waals surface area contributed by atoms with E-state index in [0.29, 0.717) is 16.5 Å². The van der Waals surface area contributed by atoms with Gasteiger partial charge in [-0.2, -0.15) is 0 Å². The molecule has 1 atom stereocenters. The lowest BCUT2D eigenvalue weighted by atomic mass is 10.0. The molecule has 0 aliphatic heterocycles. The van der Waals surface area contributed by atoms with E-state index < -0.39 is 0 Å². The van der Waals surface area contributed by atoms with Crippen molar-refractivity contribution < 1.29 is 0 Å². The first kappa shape index (κ1) is 13.4. The Morgan fingerprint density at radius 3 is 2.89 bits per heavy atom. The molecule has 0 bridgehead atoms. The average Bonchev–Trinajstić information content (AvgIpc) is 2.79. The molecule has 3 nitrogen and oxygen atoms in total. The first-order valence-corrected chi connectivity index (χ1v) is 6.58. The Balaban J connectivity index is 2.21. The van der Waals surface area contributed by atoms with Crippen molar-refractivity contribution in [3.63, 3.8) is 0 Å². The number of benzene rings is 1. The van der Waals surface area contributed by atoms with Crippen LogP contribution in [0.3, 0.4) is 0 Å². The van der Waals surface area contributed by atoms with Crippen molar-refractivity contribution in [2.24, 2.45) is 5.73 Å². The minimum atomic E-state index is -0.205. The monoisotopic (exact) mass is 283 g/mol. The van der Waals surface area contributed by atoms with Gasteiger partial charge < -0.3 is 10.3 Å². The van der Waals surface area contributed by atoms with E-state index in [0.717, 1.165) is 17.9 Å². The van der Waals surface area contributed by atoms with Crippen LogP contribution in [0.2, 0.25) is 10.0 Å². The smallest absolute Gasteiger partial charge is 0.110 e. The summed E-state index contributed by atoms with van der Waals surface area (Å²) >= 11 is 12.1. The molecule has 0 fully saturated rings. The van der Waals surface area contributed by atoms with E-state index in [1.165, 1.54) is 0 Å². The number of aryl methyl sites for hydroxylation is 1. The highest BCUT2D eigenvalue weighted by molar-refractivity contribution is 6.33. The Kier molecular flexibility index (Phi) is 4.27. The topological polar surface area (TPSA) is 43.8 Å². The van der Waals surface area contributed by atoms with E-state index in [9.17, 15) is 0 Å². The Morgan fingerprint density at radius 2 is 2.17 bits per heavy atom. The molecule has 0 saturated heterocycles. The molecule has 5 heteroatoms. The van der Waals surface area contributed by atoms with Gasteiger partial charge in [-0.25, -0.2) is 4.98 Å². The van der Waals surface area contributed by atoms with Crippen LogP contribution in [-0.2, 0) is 13.0 Å². The fourth-order valence-electron chi connectivity index (χ4n) is 1.92. The number of aromatic nitrogens is 2. The maximum absolute atomic E-state index is 6.18. The molecule has 18 heavy (non-hydrogen) atoms. The molecule has 1 heterocycles. The number of imidazole rings is 1. The predicted molar refractivity (Wildman–Crippen MR) is 75.0 cm³/mol. The third kappa shape index (κ3) is 2.86. The van der Waals surface area contributed by atoms with E-state index in [4.69, 9.17) is 28.9 Å². The van der Waals surface area contributed by atoms with Crippen molar-refractivity contribution in [1.82, 2.24) is 9.55 Å². The molecule has 2 N–H and O–H groups in total. The van der Waals surface area contributed by atoms with Crippen LogP contribution in [0, 0.1) is 0 Å². The molecule has 1 unspecified atom stereocenters. The Labute approximate surface area is 117 Å². The molecule has 96 valence electrons. The quantitative estimate of drug-likeness (QED) is 0.934. The zero-order chi connectivity index (χ0) is 13.1. The summed E-state index contributed by atoms with van der Waals surface area (Å²) in [4.78, 5) is 4.31. The van der Waals surface area contributed by atoms with E-state index in [1.54, 1.807) is 18.3 Å². The third-order valence-corrected chi connectivity index (χ3v) is 3.48. The summed E-state index contributed by atoms with van der Waals surface area (Å²) < 4.78 is 2.07. The van der Waals surface area contributed by atoms with E-state index in [-0.39, 0.29) is 6.04 Å². The second-order valence-corrected chi connectivity index (χ2v) is 4.95. The summed E-state index contributed by atoms with van der Waals surface area (Å²) in [6.07, 6.45) is 4.37. The first-order valence-electron chi connectivity index (χ1n) is 5.82. The van der Waals surface area contributed by atoms with Crippen LogP contribution >= 0.6 is 23.2 Å². The van der Waals surface area contributed by atoms with Gasteiger partial charge >= 0.3 is 0 Å². The van der Waals surface area contributed by atoms with Crippen LogP contribution in [0.15, 0.2) is 30.6 Å². The first-order chi connectivity index (χ1) is 8.61. The van der Waals surface area contributed by atoms with Gasteiger partial charge in [0.1, 0.15) is 5.82 Å². The van der Waals surface area contributed by atoms with Gasteiger partial charge in [0.2, 0.25) is 0 Å². The van der Waals surface area contributed by atoms with Crippen molar-refractivity contribution in [2.45, 2.75) is 25.9 Å². The van der Waals surface area contributed by atoms with Gasteiger partial charge in [-0.05, 0) is 30.7 Å². The highest BCUT2D eigenvalue weighted by Gasteiger charge is 2.14. The highest BCUT2D eigenvalue weighted by Crippen LogP contribution is 2.26. The normalized spacial score (nSPS) is 12.7. The maximum atomic E-state index is 6.18. The molecule has 2 aromatic rings. The van der Waals surface area contributed by atoms with Crippen LogP contribution in [-0.4, -0.2) is 9.55 Å². The molecular weight excluding hydrogens is 269 g/mol. The van der Waals surface area contributed by atoms with Crippen molar-refractivity contribution in [2.75, 3.05) is 0 Å². The Bertz CT molecular complexity index is 537. The lowest BCUT2D eigenvalue weighted by Crippen LogP contribution is -2.16. The van der Waals surface area contributed by atoms with Gasteiger partial charge in [0, 0.05) is 41.4 Å². The largest absolute Gasteiger partial charge is 0.335 e. The Hall–Kier alpha value is -1.03. The SMILES string of the molecule is CCn1ccnc1CC(N)c1cc(Cl)ccc1Cl. The summed E-state index contributed by atoms with van der Waals surface area (Å²) in [6, 6.07) is 5.13. The third-order valence-electron chi connectivity index (χ3n) is 2.90. The minimum absolute atomic E-state index is 0.205. The van der Waals surface area contributed by atoms with E-state index >= 15 is 0 Å². The van der Waals surface area contributed by atoms with Crippen molar-refractivity contribution >= 4 is 23.2 Å². The highest BCUT2D eigenvalue weighted by atomic mass is 35.5. The standard InChI is InChI=1S/C13H15Cl2N3/c1-2-18-6-5-17-13(18)8-12(16)10-7-9(14)3-4-11(10)15/h3-7,12H,2,8,16H2,1H3. The molecular formula is C13H15Cl2N3. The number of halogens is 2. The van der Waals surface area contributed by atoms with Crippen molar-refractivity contribution in [3.05, 3.63) is 52.0 Å². The Morgan fingerprint density at radius 1 is 1.39 bits per heavy atom. The molecule has 0 amide bonds.